The SMILES string of the molecule is C=C1CC(CC)(CC)Cc2ccc(-c3nc(-c4ccc(C)nc4)no3)cc21. The van der Waals surface area contributed by atoms with Crippen LogP contribution in [0, 0.1) is 12.3 Å². The van der Waals surface area contributed by atoms with Gasteiger partial charge in [-0.15, -0.1) is 0 Å². The molecule has 0 N–H and O–H groups in total. The number of hydrogen-bond donors (Lipinski definition) is 0. The van der Waals surface area contributed by atoms with Gasteiger partial charge in [-0.05, 0) is 79.0 Å². The van der Waals surface area contributed by atoms with Crippen LogP contribution in [0.3, 0.4) is 0 Å². The van der Waals surface area contributed by atoms with Crippen LogP contribution in [0.1, 0.15) is 49.9 Å². The molecule has 2 aromatic heterocycles. The Hall–Kier alpha value is -2.75. The molecular weight excluding hydrogens is 334 g/mol. The van der Waals surface area contributed by atoms with Crippen molar-refractivity contribution >= 4 is 5.57 Å². The lowest BCUT2D eigenvalue weighted by molar-refractivity contribution is 0.261. The van der Waals surface area contributed by atoms with E-state index < -0.39 is 0 Å². The molecule has 27 heavy (non-hydrogen) atoms. The maximum atomic E-state index is 5.53. The third-order valence-electron chi connectivity index (χ3n) is 5.99. The van der Waals surface area contributed by atoms with Crippen LogP contribution in [0.25, 0.3) is 28.4 Å². The van der Waals surface area contributed by atoms with Gasteiger partial charge in [0.15, 0.2) is 0 Å². The van der Waals surface area contributed by atoms with E-state index in [4.69, 9.17) is 4.52 Å². The summed E-state index contributed by atoms with van der Waals surface area (Å²) in [5.41, 5.74) is 6.93. The quantitative estimate of drug-likeness (QED) is 0.584. The Labute approximate surface area is 160 Å². The Kier molecular flexibility index (Phi) is 4.42. The predicted octanol–water partition coefficient (Wildman–Crippen LogP) is 5.87. The minimum atomic E-state index is 0.349. The minimum absolute atomic E-state index is 0.349. The highest BCUT2D eigenvalue weighted by Gasteiger charge is 2.33. The number of fused-ring (bicyclic) bond motifs is 1. The van der Waals surface area contributed by atoms with Gasteiger partial charge in [0.2, 0.25) is 5.82 Å². The normalized spacial score (nSPS) is 15.6. The Balaban J connectivity index is 1.66. The van der Waals surface area contributed by atoms with Crippen LogP contribution in [-0.4, -0.2) is 15.1 Å². The van der Waals surface area contributed by atoms with Crippen LogP contribution in [0.2, 0.25) is 0 Å². The number of aromatic nitrogens is 3. The molecule has 0 saturated carbocycles. The molecule has 0 aliphatic heterocycles. The molecule has 0 saturated heterocycles. The zero-order valence-corrected chi connectivity index (χ0v) is 16.2. The van der Waals surface area contributed by atoms with Crippen molar-refractivity contribution in [3.8, 4) is 22.8 Å². The molecule has 0 spiro atoms. The van der Waals surface area contributed by atoms with E-state index in [2.05, 4.69) is 53.8 Å². The van der Waals surface area contributed by atoms with E-state index in [1.165, 1.54) is 29.5 Å². The number of pyridine rings is 1. The fourth-order valence-corrected chi connectivity index (χ4v) is 4.02. The first kappa shape index (κ1) is 17.7. The Morgan fingerprint density at radius 3 is 2.56 bits per heavy atom. The molecule has 138 valence electrons. The summed E-state index contributed by atoms with van der Waals surface area (Å²) in [6.45, 7) is 10.9. The highest BCUT2D eigenvalue weighted by molar-refractivity contribution is 5.73. The lowest BCUT2D eigenvalue weighted by atomic mass is 9.67. The first-order valence-electron chi connectivity index (χ1n) is 9.62. The summed E-state index contributed by atoms with van der Waals surface area (Å²) in [5.74, 6) is 1.09. The third kappa shape index (κ3) is 3.20. The Morgan fingerprint density at radius 2 is 1.85 bits per heavy atom. The second kappa shape index (κ2) is 6.76. The number of allylic oxidation sites excluding steroid dienone is 1. The lowest BCUT2D eigenvalue weighted by Crippen LogP contribution is -2.26. The number of nitrogens with zero attached hydrogens (tertiary/aromatic N) is 3. The molecule has 2 heterocycles. The van der Waals surface area contributed by atoms with Gasteiger partial charge in [0.1, 0.15) is 0 Å². The van der Waals surface area contributed by atoms with E-state index in [1.807, 2.05) is 19.1 Å². The van der Waals surface area contributed by atoms with Crippen LogP contribution in [-0.2, 0) is 6.42 Å². The van der Waals surface area contributed by atoms with Crippen LogP contribution >= 0.6 is 0 Å². The van der Waals surface area contributed by atoms with E-state index in [0.29, 0.717) is 17.1 Å². The second-order valence-corrected chi connectivity index (χ2v) is 7.65. The highest BCUT2D eigenvalue weighted by atomic mass is 16.5. The first-order chi connectivity index (χ1) is 13.0. The molecular formula is C23H25N3O. The number of rotatable bonds is 4. The first-order valence-corrected chi connectivity index (χ1v) is 9.62. The highest BCUT2D eigenvalue weighted by Crippen LogP contribution is 2.46. The van der Waals surface area contributed by atoms with E-state index in [1.54, 1.807) is 6.20 Å². The van der Waals surface area contributed by atoms with Gasteiger partial charge in [0.25, 0.3) is 5.89 Å². The molecule has 0 amide bonds. The van der Waals surface area contributed by atoms with Gasteiger partial charge in [-0.2, -0.15) is 4.98 Å². The second-order valence-electron chi connectivity index (χ2n) is 7.65. The molecule has 4 nitrogen and oxygen atoms in total. The fourth-order valence-electron chi connectivity index (χ4n) is 4.02. The maximum Gasteiger partial charge on any atom is 0.258 e. The van der Waals surface area contributed by atoms with Crippen LogP contribution in [0.5, 0.6) is 0 Å². The summed E-state index contributed by atoms with van der Waals surface area (Å²) < 4.78 is 5.53. The summed E-state index contributed by atoms with van der Waals surface area (Å²) >= 11 is 0. The average molecular weight is 359 g/mol. The van der Waals surface area contributed by atoms with Gasteiger partial charge < -0.3 is 4.52 Å². The number of hydrogen-bond acceptors (Lipinski definition) is 4. The van der Waals surface area contributed by atoms with Gasteiger partial charge >= 0.3 is 0 Å². The maximum absolute atomic E-state index is 5.53. The molecule has 0 radical (unpaired) electrons. The van der Waals surface area contributed by atoms with Gasteiger partial charge in [0, 0.05) is 23.0 Å². The van der Waals surface area contributed by atoms with Crippen molar-refractivity contribution in [2.45, 2.75) is 46.5 Å². The van der Waals surface area contributed by atoms with E-state index >= 15 is 0 Å². The van der Waals surface area contributed by atoms with Gasteiger partial charge in [0.05, 0.1) is 0 Å². The summed E-state index contributed by atoms with van der Waals surface area (Å²) in [4.78, 5) is 8.87. The van der Waals surface area contributed by atoms with Gasteiger partial charge in [-0.1, -0.05) is 31.6 Å². The number of benzene rings is 1. The van der Waals surface area contributed by atoms with Crippen LogP contribution < -0.4 is 0 Å². The van der Waals surface area contributed by atoms with Gasteiger partial charge in [-0.25, -0.2) is 0 Å². The average Bonchev–Trinajstić information content (AvgIpc) is 3.18. The number of aryl methyl sites for hydroxylation is 1. The third-order valence-corrected chi connectivity index (χ3v) is 5.99. The summed E-state index contributed by atoms with van der Waals surface area (Å²) in [6, 6.07) is 10.3. The van der Waals surface area contributed by atoms with Crippen molar-refractivity contribution in [1.82, 2.24) is 15.1 Å². The molecule has 1 aliphatic carbocycles. The van der Waals surface area contributed by atoms with Crippen molar-refractivity contribution < 1.29 is 4.52 Å². The summed E-state index contributed by atoms with van der Waals surface area (Å²) in [7, 11) is 0. The molecule has 0 bridgehead atoms. The standard InChI is InChI=1S/C23H25N3O/c1-5-23(6-2)12-15(3)20-11-17(9-10-18(20)13-23)22-25-21(26-27-22)19-8-7-16(4)24-14-19/h7-11,14H,3,5-6,12-13H2,1-2,4H3. The van der Waals surface area contributed by atoms with Crippen molar-refractivity contribution in [3.05, 3.63) is 59.9 Å². The predicted molar refractivity (Wildman–Crippen MR) is 108 cm³/mol. The molecule has 1 aliphatic rings. The van der Waals surface area contributed by atoms with Crippen molar-refractivity contribution in [2.24, 2.45) is 5.41 Å². The monoisotopic (exact) mass is 359 g/mol. The summed E-state index contributed by atoms with van der Waals surface area (Å²) in [6.07, 6.45) is 6.30. The molecule has 0 fully saturated rings. The fraction of sp³-hybridized carbons (Fsp3) is 0.348. The van der Waals surface area contributed by atoms with Crippen LogP contribution in [0.15, 0.2) is 47.6 Å². The zero-order valence-electron chi connectivity index (χ0n) is 16.2. The smallest absolute Gasteiger partial charge is 0.258 e. The zero-order chi connectivity index (χ0) is 19.0. The molecule has 1 aromatic carbocycles. The molecule has 0 atom stereocenters. The van der Waals surface area contributed by atoms with Crippen LogP contribution in [0.4, 0.5) is 0 Å². The van der Waals surface area contributed by atoms with E-state index in [0.717, 1.165) is 29.7 Å². The van der Waals surface area contributed by atoms with Crippen molar-refractivity contribution in [2.75, 3.05) is 0 Å². The molecule has 4 rings (SSSR count). The molecule has 0 unspecified atom stereocenters. The van der Waals surface area contributed by atoms with Crippen molar-refractivity contribution in [3.63, 3.8) is 0 Å². The largest absolute Gasteiger partial charge is 0.334 e. The van der Waals surface area contributed by atoms with E-state index in [9.17, 15) is 0 Å². The molecule has 4 heteroatoms. The minimum Gasteiger partial charge on any atom is -0.334 e. The Morgan fingerprint density at radius 1 is 1.07 bits per heavy atom. The topological polar surface area (TPSA) is 51.8 Å². The lowest BCUT2D eigenvalue weighted by Gasteiger charge is -2.38. The van der Waals surface area contributed by atoms with Crippen molar-refractivity contribution in [1.29, 1.82) is 0 Å². The van der Waals surface area contributed by atoms with Gasteiger partial charge in [-0.3, -0.25) is 4.98 Å². The van der Waals surface area contributed by atoms with E-state index in [-0.39, 0.29) is 0 Å². The molecule has 3 aromatic rings. The Bertz CT molecular complexity index is 981. The summed E-state index contributed by atoms with van der Waals surface area (Å²) in [5, 5.41) is 4.12.